The second kappa shape index (κ2) is 5.24. The zero-order chi connectivity index (χ0) is 14.0. The molecule has 1 fully saturated rings. The third kappa shape index (κ3) is 3.28. The van der Waals surface area contributed by atoms with Gasteiger partial charge in [0.1, 0.15) is 11.6 Å². The van der Waals surface area contributed by atoms with Crippen LogP contribution in [0.15, 0.2) is 12.1 Å². The normalized spacial score (nSPS) is 20.5. The number of pyridine rings is 1. The number of aliphatic hydroxyl groups is 1. The summed E-state index contributed by atoms with van der Waals surface area (Å²) in [4.78, 5) is 5.81. The number of hydrogen-bond donors (Lipinski definition) is 2. The molecule has 1 saturated heterocycles. The molecular weight excluding hydrogens is 259 g/mol. The minimum Gasteiger partial charge on any atom is -0.391 e. The quantitative estimate of drug-likeness (QED) is 0.868. The van der Waals surface area contributed by atoms with Crippen molar-refractivity contribution in [1.82, 2.24) is 4.98 Å². The molecule has 2 heterocycles. The Hall–Kier alpha value is -1.50. The van der Waals surface area contributed by atoms with Gasteiger partial charge >= 0.3 is 6.18 Å². The first kappa shape index (κ1) is 13.9. The largest absolute Gasteiger partial charge is 0.416 e. The Morgan fingerprint density at radius 1 is 1.42 bits per heavy atom. The van der Waals surface area contributed by atoms with Crippen molar-refractivity contribution in [3.8, 4) is 0 Å². The predicted molar refractivity (Wildman–Crippen MR) is 66.2 cm³/mol. The molecule has 1 aromatic heterocycles. The molecule has 0 radical (unpaired) electrons. The summed E-state index contributed by atoms with van der Waals surface area (Å²) < 4.78 is 38.4. The first-order chi connectivity index (χ1) is 8.90. The van der Waals surface area contributed by atoms with Gasteiger partial charge in [-0.05, 0) is 25.0 Å². The topological polar surface area (TPSA) is 48.4 Å². The summed E-state index contributed by atoms with van der Waals surface area (Å²) in [6.45, 7) is 0.923. The van der Waals surface area contributed by atoms with E-state index in [0.29, 0.717) is 19.5 Å². The monoisotopic (exact) mass is 275 g/mol. The Morgan fingerprint density at radius 2 is 2.16 bits per heavy atom. The van der Waals surface area contributed by atoms with Crippen molar-refractivity contribution < 1.29 is 18.3 Å². The van der Waals surface area contributed by atoms with Crippen LogP contribution in [0.1, 0.15) is 18.4 Å². The van der Waals surface area contributed by atoms with Gasteiger partial charge in [-0.25, -0.2) is 4.98 Å². The second-order valence-electron chi connectivity index (χ2n) is 4.59. The number of nitrogens with one attached hydrogen (secondary N) is 1. The van der Waals surface area contributed by atoms with Gasteiger partial charge in [0.25, 0.3) is 0 Å². The molecule has 19 heavy (non-hydrogen) atoms. The van der Waals surface area contributed by atoms with Crippen LogP contribution in [0.5, 0.6) is 0 Å². The number of anilines is 2. The van der Waals surface area contributed by atoms with E-state index in [1.165, 1.54) is 7.05 Å². The first-order valence-electron chi connectivity index (χ1n) is 6.10. The summed E-state index contributed by atoms with van der Waals surface area (Å²) in [6.07, 6.45) is -3.50. The van der Waals surface area contributed by atoms with Crippen molar-refractivity contribution in [2.75, 3.05) is 30.4 Å². The Kier molecular flexibility index (Phi) is 3.84. The number of halogens is 3. The van der Waals surface area contributed by atoms with Crippen LogP contribution < -0.4 is 10.2 Å². The van der Waals surface area contributed by atoms with E-state index in [0.717, 1.165) is 18.6 Å². The van der Waals surface area contributed by atoms with Crippen molar-refractivity contribution in [1.29, 1.82) is 0 Å². The lowest BCUT2D eigenvalue weighted by Crippen LogP contribution is -2.38. The third-order valence-corrected chi connectivity index (χ3v) is 3.12. The Bertz CT molecular complexity index is 450. The molecule has 2 N–H and O–H groups in total. The summed E-state index contributed by atoms with van der Waals surface area (Å²) >= 11 is 0. The molecule has 0 bridgehead atoms. The molecule has 1 aromatic rings. The van der Waals surface area contributed by atoms with E-state index in [9.17, 15) is 18.3 Å². The molecule has 1 aliphatic rings. The molecule has 106 valence electrons. The van der Waals surface area contributed by atoms with Crippen LogP contribution in [0.3, 0.4) is 0 Å². The van der Waals surface area contributed by atoms with Gasteiger partial charge < -0.3 is 15.3 Å². The molecule has 0 amide bonds. The lowest BCUT2D eigenvalue weighted by molar-refractivity contribution is -0.137. The minimum atomic E-state index is -4.41. The SMILES string of the molecule is CNc1cc(C(F)(F)F)cc(N2CCCC(O)C2)n1. The number of piperidine rings is 1. The second-order valence-corrected chi connectivity index (χ2v) is 4.59. The highest BCUT2D eigenvalue weighted by Gasteiger charge is 2.32. The molecule has 0 aromatic carbocycles. The van der Waals surface area contributed by atoms with E-state index in [4.69, 9.17) is 0 Å². The highest BCUT2D eigenvalue weighted by atomic mass is 19.4. The van der Waals surface area contributed by atoms with Crippen molar-refractivity contribution in [3.05, 3.63) is 17.7 Å². The predicted octanol–water partition coefficient (Wildman–Crippen LogP) is 2.10. The fourth-order valence-corrected chi connectivity index (χ4v) is 2.13. The molecule has 0 aliphatic carbocycles. The Morgan fingerprint density at radius 3 is 2.74 bits per heavy atom. The maximum atomic E-state index is 12.8. The maximum absolute atomic E-state index is 12.8. The summed E-state index contributed by atoms with van der Waals surface area (Å²) in [7, 11) is 1.53. The van der Waals surface area contributed by atoms with Gasteiger partial charge in [-0.3, -0.25) is 0 Å². The van der Waals surface area contributed by atoms with Crippen molar-refractivity contribution >= 4 is 11.6 Å². The fourth-order valence-electron chi connectivity index (χ4n) is 2.13. The third-order valence-electron chi connectivity index (χ3n) is 3.12. The number of nitrogens with zero attached hydrogens (tertiary/aromatic N) is 2. The molecule has 7 heteroatoms. The number of alkyl halides is 3. The van der Waals surface area contributed by atoms with Gasteiger partial charge in [-0.15, -0.1) is 0 Å². The zero-order valence-corrected chi connectivity index (χ0v) is 10.5. The van der Waals surface area contributed by atoms with Crippen LogP contribution in [0.25, 0.3) is 0 Å². The van der Waals surface area contributed by atoms with Crippen LogP contribution in [0.4, 0.5) is 24.8 Å². The summed E-state index contributed by atoms with van der Waals surface area (Å²) in [5.41, 5.74) is -0.734. The van der Waals surface area contributed by atoms with Gasteiger partial charge in [0, 0.05) is 20.1 Å². The van der Waals surface area contributed by atoms with Crippen molar-refractivity contribution in [2.45, 2.75) is 25.1 Å². The van der Waals surface area contributed by atoms with Gasteiger partial charge in [-0.2, -0.15) is 13.2 Å². The smallest absolute Gasteiger partial charge is 0.391 e. The summed E-state index contributed by atoms with van der Waals surface area (Å²) in [6, 6.07) is 2.00. The average molecular weight is 275 g/mol. The van der Waals surface area contributed by atoms with Gasteiger partial charge in [0.2, 0.25) is 0 Å². The van der Waals surface area contributed by atoms with Gasteiger partial charge in [-0.1, -0.05) is 0 Å². The maximum Gasteiger partial charge on any atom is 0.416 e. The van der Waals surface area contributed by atoms with E-state index in [-0.39, 0.29) is 11.6 Å². The first-order valence-corrected chi connectivity index (χ1v) is 6.10. The van der Waals surface area contributed by atoms with E-state index >= 15 is 0 Å². The molecule has 1 atom stereocenters. The minimum absolute atomic E-state index is 0.171. The lowest BCUT2D eigenvalue weighted by Gasteiger charge is -2.31. The van der Waals surface area contributed by atoms with E-state index < -0.39 is 17.8 Å². The van der Waals surface area contributed by atoms with E-state index in [1.54, 1.807) is 4.90 Å². The fraction of sp³-hybridized carbons (Fsp3) is 0.583. The van der Waals surface area contributed by atoms with Crippen LogP contribution in [0, 0.1) is 0 Å². The number of hydrogen-bond acceptors (Lipinski definition) is 4. The van der Waals surface area contributed by atoms with Gasteiger partial charge in [0.15, 0.2) is 0 Å². The highest BCUT2D eigenvalue weighted by Crippen LogP contribution is 2.33. The van der Waals surface area contributed by atoms with Crippen molar-refractivity contribution in [2.24, 2.45) is 0 Å². The standard InChI is InChI=1S/C12H16F3N3O/c1-16-10-5-8(12(13,14)15)6-11(17-10)18-4-2-3-9(19)7-18/h5-6,9,19H,2-4,7H2,1H3,(H,16,17). The molecule has 1 unspecified atom stereocenters. The Balaban J connectivity index is 2.34. The summed E-state index contributed by atoms with van der Waals surface area (Å²) in [5, 5.41) is 12.2. The molecule has 0 spiro atoms. The number of β-amino-alcohol motifs (C(OH)–C–C–N with tert-alkyl or cyclic N) is 1. The molecular formula is C12H16F3N3O. The Labute approximate surface area is 109 Å². The average Bonchev–Trinajstić information content (AvgIpc) is 2.37. The molecule has 2 rings (SSSR count). The van der Waals surface area contributed by atoms with E-state index in [2.05, 4.69) is 10.3 Å². The van der Waals surface area contributed by atoms with E-state index in [1.807, 2.05) is 0 Å². The lowest BCUT2D eigenvalue weighted by atomic mass is 10.1. The van der Waals surface area contributed by atoms with Crippen molar-refractivity contribution in [3.63, 3.8) is 0 Å². The van der Waals surface area contributed by atoms with Crippen LogP contribution in [-0.4, -0.2) is 36.3 Å². The summed E-state index contributed by atoms with van der Waals surface area (Å²) in [5.74, 6) is 0.419. The van der Waals surface area contributed by atoms with Crippen LogP contribution in [-0.2, 0) is 6.18 Å². The molecule has 4 nitrogen and oxygen atoms in total. The number of aliphatic hydroxyl groups excluding tert-OH is 1. The molecule has 1 aliphatic heterocycles. The zero-order valence-electron chi connectivity index (χ0n) is 10.5. The number of rotatable bonds is 2. The molecule has 0 saturated carbocycles. The van der Waals surface area contributed by atoms with Crippen LogP contribution in [0.2, 0.25) is 0 Å². The number of aromatic nitrogens is 1. The van der Waals surface area contributed by atoms with Crippen LogP contribution >= 0.6 is 0 Å². The van der Waals surface area contributed by atoms with Gasteiger partial charge in [0.05, 0.1) is 11.7 Å². The highest BCUT2D eigenvalue weighted by molar-refractivity contribution is 5.51.